The number of aryl methyl sites for hydroxylation is 1. The SMILES string of the molecule is CCCCc1ccc2c(F)c(-c3ccc(-c4ccc(C#N)c(F)c4)cc3)ccc2c1. The van der Waals surface area contributed by atoms with Gasteiger partial charge in [-0.25, -0.2) is 8.78 Å². The third kappa shape index (κ3) is 3.82. The normalized spacial score (nSPS) is 10.9. The van der Waals surface area contributed by atoms with Crippen molar-refractivity contribution >= 4 is 10.8 Å². The molecule has 1 nitrogen and oxygen atoms in total. The van der Waals surface area contributed by atoms with Gasteiger partial charge in [0.15, 0.2) is 0 Å². The highest BCUT2D eigenvalue weighted by Gasteiger charge is 2.11. The highest BCUT2D eigenvalue weighted by molar-refractivity contribution is 5.89. The maximum atomic E-state index is 15.2. The summed E-state index contributed by atoms with van der Waals surface area (Å²) in [4.78, 5) is 0. The van der Waals surface area contributed by atoms with Crippen molar-refractivity contribution in [3.8, 4) is 28.3 Å². The molecular formula is C27H21F2N. The number of rotatable bonds is 5. The van der Waals surface area contributed by atoms with Crippen LogP contribution in [0.4, 0.5) is 8.78 Å². The molecule has 0 aliphatic rings. The fraction of sp³-hybridized carbons (Fsp3) is 0.148. The van der Waals surface area contributed by atoms with Crippen LogP contribution < -0.4 is 0 Å². The van der Waals surface area contributed by atoms with Crippen molar-refractivity contribution in [3.05, 3.63) is 95.6 Å². The molecule has 148 valence electrons. The second-order valence-corrected chi connectivity index (χ2v) is 7.47. The van der Waals surface area contributed by atoms with E-state index in [9.17, 15) is 4.39 Å². The zero-order chi connectivity index (χ0) is 21.1. The zero-order valence-electron chi connectivity index (χ0n) is 16.8. The van der Waals surface area contributed by atoms with Gasteiger partial charge in [0.05, 0.1) is 5.56 Å². The number of unbranched alkanes of at least 4 members (excludes halogenated alkanes) is 1. The van der Waals surface area contributed by atoms with Gasteiger partial charge in [-0.3, -0.25) is 0 Å². The van der Waals surface area contributed by atoms with Gasteiger partial charge < -0.3 is 0 Å². The molecule has 4 aromatic rings. The Morgan fingerprint density at radius 3 is 2.23 bits per heavy atom. The van der Waals surface area contributed by atoms with E-state index in [-0.39, 0.29) is 11.4 Å². The lowest BCUT2D eigenvalue weighted by atomic mass is 9.96. The summed E-state index contributed by atoms with van der Waals surface area (Å²) in [5.41, 5.74) is 4.05. The maximum absolute atomic E-state index is 15.2. The molecule has 0 bridgehead atoms. The molecule has 0 saturated heterocycles. The average Bonchev–Trinajstić information content (AvgIpc) is 2.78. The standard InChI is InChI=1S/C27H21F2N/c1-2-3-4-18-5-13-25-22(15-18)12-14-24(27(25)29)20-8-6-19(7-9-20)21-10-11-23(17-30)26(28)16-21/h5-16H,2-4H2,1H3. The van der Waals surface area contributed by atoms with Crippen molar-refractivity contribution in [1.29, 1.82) is 5.26 Å². The van der Waals surface area contributed by atoms with E-state index in [1.54, 1.807) is 6.07 Å². The van der Waals surface area contributed by atoms with Gasteiger partial charge in [-0.1, -0.05) is 74.0 Å². The second kappa shape index (κ2) is 8.47. The van der Waals surface area contributed by atoms with E-state index in [0.717, 1.165) is 35.8 Å². The molecule has 0 aliphatic heterocycles. The Bertz CT molecular complexity index is 1250. The summed E-state index contributed by atoms with van der Waals surface area (Å²) in [5, 5.41) is 10.4. The average molecular weight is 397 g/mol. The lowest BCUT2D eigenvalue weighted by Crippen LogP contribution is -1.90. The lowest BCUT2D eigenvalue weighted by Gasteiger charge is -2.10. The highest BCUT2D eigenvalue weighted by atomic mass is 19.1. The molecule has 3 heteroatoms. The Hall–Kier alpha value is -3.51. The first-order valence-corrected chi connectivity index (χ1v) is 10.1. The molecular weight excluding hydrogens is 376 g/mol. The molecule has 0 fully saturated rings. The lowest BCUT2D eigenvalue weighted by molar-refractivity contribution is 0.624. The molecule has 0 N–H and O–H groups in total. The summed E-state index contributed by atoms with van der Waals surface area (Å²) in [6.45, 7) is 2.16. The predicted molar refractivity (Wildman–Crippen MR) is 118 cm³/mol. The number of fused-ring (bicyclic) bond motifs is 1. The fourth-order valence-electron chi connectivity index (χ4n) is 3.73. The molecule has 0 atom stereocenters. The van der Waals surface area contributed by atoms with E-state index in [2.05, 4.69) is 13.0 Å². The molecule has 4 rings (SSSR count). The number of halogens is 2. The van der Waals surface area contributed by atoms with Gasteiger partial charge in [-0.05, 0) is 52.6 Å². The highest BCUT2D eigenvalue weighted by Crippen LogP contribution is 2.31. The molecule has 0 aliphatic carbocycles. The summed E-state index contributed by atoms with van der Waals surface area (Å²) in [6, 6.07) is 23.4. The molecule has 30 heavy (non-hydrogen) atoms. The summed E-state index contributed by atoms with van der Waals surface area (Å²) in [6.07, 6.45) is 3.27. The van der Waals surface area contributed by atoms with Crippen LogP contribution >= 0.6 is 0 Å². The summed E-state index contributed by atoms with van der Waals surface area (Å²) in [5.74, 6) is -0.773. The van der Waals surface area contributed by atoms with Crippen molar-refractivity contribution in [2.24, 2.45) is 0 Å². The minimum atomic E-state index is -0.544. The molecule has 0 spiro atoms. The van der Waals surface area contributed by atoms with Crippen LogP contribution in [0.3, 0.4) is 0 Å². The van der Waals surface area contributed by atoms with Gasteiger partial charge in [-0.15, -0.1) is 0 Å². The molecule has 0 heterocycles. The third-order valence-corrected chi connectivity index (χ3v) is 5.46. The Morgan fingerprint density at radius 1 is 0.800 bits per heavy atom. The Balaban J connectivity index is 1.66. The molecule has 0 saturated carbocycles. The van der Waals surface area contributed by atoms with E-state index in [4.69, 9.17) is 5.26 Å². The fourth-order valence-corrected chi connectivity index (χ4v) is 3.73. The van der Waals surface area contributed by atoms with Crippen molar-refractivity contribution in [2.75, 3.05) is 0 Å². The van der Waals surface area contributed by atoms with Crippen LogP contribution in [-0.4, -0.2) is 0 Å². The van der Waals surface area contributed by atoms with Gasteiger partial charge in [0.2, 0.25) is 0 Å². The molecule has 0 unspecified atom stereocenters. The first-order chi connectivity index (χ1) is 14.6. The summed E-state index contributed by atoms with van der Waals surface area (Å²) < 4.78 is 29.1. The number of nitrogens with zero attached hydrogens (tertiary/aromatic N) is 1. The zero-order valence-corrected chi connectivity index (χ0v) is 16.8. The maximum Gasteiger partial charge on any atom is 0.141 e. The van der Waals surface area contributed by atoms with Crippen LogP contribution in [0.1, 0.15) is 30.9 Å². The Morgan fingerprint density at radius 2 is 1.53 bits per heavy atom. The smallest absolute Gasteiger partial charge is 0.141 e. The van der Waals surface area contributed by atoms with E-state index in [1.807, 2.05) is 54.6 Å². The number of hydrogen-bond acceptors (Lipinski definition) is 1. The summed E-state index contributed by atoms with van der Waals surface area (Å²) >= 11 is 0. The minimum Gasteiger partial charge on any atom is -0.206 e. The number of benzene rings is 4. The largest absolute Gasteiger partial charge is 0.206 e. The van der Waals surface area contributed by atoms with Gasteiger partial charge in [0.1, 0.15) is 17.7 Å². The quantitative estimate of drug-likeness (QED) is 0.339. The molecule has 4 aromatic carbocycles. The number of hydrogen-bond donors (Lipinski definition) is 0. The predicted octanol–water partition coefficient (Wildman–Crippen LogP) is 7.67. The first-order valence-electron chi connectivity index (χ1n) is 10.1. The number of nitriles is 1. The monoisotopic (exact) mass is 397 g/mol. The van der Waals surface area contributed by atoms with Gasteiger partial charge >= 0.3 is 0 Å². The Kier molecular flexibility index (Phi) is 5.59. The molecule has 0 radical (unpaired) electrons. The van der Waals surface area contributed by atoms with Crippen LogP contribution in [0.5, 0.6) is 0 Å². The van der Waals surface area contributed by atoms with Crippen molar-refractivity contribution in [2.45, 2.75) is 26.2 Å². The van der Waals surface area contributed by atoms with E-state index in [0.29, 0.717) is 16.5 Å². The van der Waals surface area contributed by atoms with E-state index < -0.39 is 5.82 Å². The van der Waals surface area contributed by atoms with E-state index >= 15 is 4.39 Å². The van der Waals surface area contributed by atoms with Gasteiger partial charge in [-0.2, -0.15) is 5.26 Å². The van der Waals surface area contributed by atoms with Crippen LogP contribution in [0.15, 0.2) is 72.8 Å². The van der Waals surface area contributed by atoms with Crippen molar-refractivity contribution in [1.82, 2.24) is 0 Å². The van der Waals surface area contributed by atoms with E-state index in [1.165, 1.54) is 17.7 Å². The second-order valence-electron chi connectivity index (χ2n) is 7.47. The van der Waals surface area contributed by atoms with Crippen LogP contribution in [0.2, 0.25) is 0 Å². The van der Waals surface area contributed by atoms with Crippen molar-refractivity contribution < 1.29 is 8.78 Å². The van der Waals surface area contributed by atoms with Gasteiger partial charge in [0.25, 0.3) is 0 Å². The third-order valence-electron chi connectivity index (χ3n) is 5.46. The van der Waals surface area contributed by atoms with Crippen molar-refractivity contribution in [3.63, 3.8) is 0 Å². The van der Waals surface area contributed by atoms with Crippen LogP contribution in [0, 0.1) is 23.0 Å². The molecule has 0 aromatic heterocycles. The molecule has 0 amide bonds. The Labute approximate surface area is 175 Å². The van der Waals surface area contributed by atoms with Gasteiger partial charge in [0, 0.05) is 10.9 Å². The topological polar surface area (TPSA) is 23.8 Å². The minimum absolute atomic E-state index is 0.0199. The van der Waals surface area contributed by atoms with Crippen LogP contribution in [0.25, 0.3) is 33.0 Å². The summed E-state index contributed by atoms with van der Waals surface area (Å²) in [7, 11) is 0. The van der Waals surface area contributed by atoms with Crippen LogP contribution in [-0.2, 0) is 6.42 Å². The first kappa shape index (κ1) is 19.8.